The van der Waals surface area contributed by atoms with E-state index in [-0.39, 0.29) is 22.2 Å². The summed E-state index contributed by atoms with van der Waals surface area (Å²) in [5.74, 6) is 1.12. The summed E-state index contributed by atoms with van der Waals surface area (Å²) in [6.07, 6.45) is 0. The van der Waals surface area contributed by atoms with Crippen LogP contribution in [-0.4, -0.2) is 20.9 Å². The molecule has 0 spiro atoms. The molecule has 0 saturated carbocycles. The number of sulfone groups is 1. The Morgan fingerprint density at radius 2 is 1.21 bits per heavy atom. The van der Waals surface area contributed by atoms with E-state index in [4.69, 9.17) is 4.74 Å². The molecule has 1 aliphatic rings. The van der Waals surface area contributed by atoms with Crippen LogP contribution in [0.25, 0.3) is 0 Å². The van der Waals surface area contributed by atoms with Crippen LogP contribution in [0, 0.1) is 0 Å². The van der Waals surface area contributed by atoms with Crippen molar-refractivity contribution in [2.45, 2.75) is 9.79 Å². The van der Waals surface area contributed by atoms with Crippen LogP contribution in [0.15, 0.2) is 113 Å². The number of rotatable bonds is 5. The molecule has 0 fully saturated rings. The lowest BCUT2D eigenvalue weighted by atomic mass is 10.2. The Hall–Kier alpha value is -4.10. The fourth-order valence-electron chi connectivity index (χ4n) is 3.81. The number of hydrogen-bond acceptors (Lipinski definition) is 5. The highest BCUT2D eigenvalue weighted by Gasteiger charge is 2.34. The first-order valence-corrected chi connectivity index (χ1v) is 11.8. The number of para-hydroxylation sites is 3. The van der Waals surface area contributed by atoms with Gasteiger partial charge in [-0.25, -0.2) is 8.42 Å². The number of hydrogen-bond donors (Lipinski definition) is 1. The molecular formula is C26H20N2O4S. The van der Waals surface area contributed by atoms with E-state index in [2.05, 4.69) is 5.32 Å². The fourth-order valence-corrected chi connectivity index (χ4v) is 5.47. The minimum absolute atomic E-state index is 0.0359. The molecule has 6 nitrogen and oxygen atoms in total. The van der Waals surface area contributed by atoms with Crippen molar-refractivity contribution in [3.05, 3.63) is 103 Å². The van der Waals surface area contributed by atoms with Crippen LogP contribution in [0.4, 0.5) is 17.1 Å². The van der Waals surface area contributed by atoms with Crippen molar-refractivity contribution in [2.75, 3.05) is 16.8 Å². The van der Waals surface area contributed by atoms with Gasteiger partial charge in [0, 0.05) is 5.69 Å². The van der Waals surface area contributed by atoms with Crippen LogP contribution in [-0.2, 0) is 14.6 Å². The maximum absolute atomic E-state index is 13.0. The molecule has 0 saturated heterocycles. The number of carbonyl (C=O) groups excluding carboxylic acids is 1. The van der Waals surface area contributed by atoms with Gasteiger partial charge in [0.05, 0.1) is 21.2 Å². The molecule has 0 radical (unpaired) electrons. The second kappa shape index (κ2) is 8.44. The quantitative estimate of drug-likeness (QED) is 0.435. The lowest BCUT2D eigenvalue weighted by Gasteiger charge is -2.32. The molecule has 4 aromatic carbocycles. The lowest BCUT2D eigenvalue weighted by Crippen LogP contribution is -2.33. The largest absolute Gasteiger partial charge is 0.457 e. The van der Waals surface area contributed by atoms with Gasteiger partial charge in [-0.05, 0) is 60.7 Å². The van der Waals surface area contributed by atoms with Crippen LogP contribution in [0.3, 0.4) is 0 Å². The Bertz CT molecular complexity index is 1360. The SMILES string of the molecule is O=C(CN1c2ccccc2S(=O)(=O)c2ccccc21)Nc1ccc(Oc2ccccc2)cc1. The van der Waals surface area contributed by atoms with Crippen molar-refractivity contribution in [2.24, 2.45) is 0 Å². The van der Waals surface area contributed by atoms with E-state index in [0.717, 1.165) is 5.75 Å². The summed E-state index contributed by atoms with van der Waals surface area (Å²) < 4.78 is 31.9. The zero-order valence-corrected chi connectivity index (χ0v) is 18.3. The van der Waals surface area contributed by atoms with Crippen molar-refractivity contribution in [3.63, 3.8) is 0 Å². The summed E-state index contributed by atoms with van der Waals surface area (Å²) in [7, 11) is -3.65. The topological polar surface area (TPSA) is 75.7 Å². The van der Waals surface area contributed by atoms with Crippen LogP contribution in [0.5, 0.6) is 11.5 Å². The monoisotopic (exact) mass is 456 g/mol. The Kier molecular flexibility index (Phi) is 5.32. The molecule has 0 bridgehead atoms. The second-order valence-corrected chi connectivity index (χ2v) is 9.40. The molecule has 1 aliphatic heterocycles. The maximum atomic E-state index is 13.0. The van der Waals surface area contributed by atoms with E-state index in [1.807, 2.05) is 30.3 Å². The first-order valence-electron chi connectivity index (χ1n) is 10.4. The maximum Gasteiger partial charge on any atom is 0.244 e. The van der Waals surface area contributed by atoms with Gasteiger partial charge in [0.15, 0.2) is 0 Å². The van der Waals surface area contributed by atoms with Gasteiger partial charge >= 0.3 is 0 Å². The fraction of sp³-hybridized carbons (Fsp3) is 0.0385. The van der Waals surface area contributed by atoms with Crippen molar-refractivity contribution >= 4 is 32.8 Å². The number of nitrogens with zero attached hydrogens (tertiary/aromatic N) is 1. The highest BCUT2D eigenvalue weighted by molar-refractivity contribution is 7.92. The highest BCUT2D eigenvalue weighted by atomic mass is 32.2. The third-order valence-electron chi connectivity index (χ3n) is 5.31. The number of benzene rings is 4. The van der Waals surface area contributed by atoms with E-state index in [9.17, 15) is 13.2 Å². The number of ether oxygens (including phenoxy) is 1. The van der Waals surface area contributed by atoms with Crippen LogP contribution >= 0.6 is 0 Å². The molecule has 7 heteroatoms. The van der Waals surface area contributed by atoms with Gasteiger partial charge in [0.1, 0.15) is 18.0 Å². The van der Waals surface area contributed by atoms with Crippen molar-refractivity contribution < 1.29 is 17.9 Å². The lowest BCUT2D eigenvalue weighted by molar-refractivity contribution is -0.114. The van der Waals surface area contributed by atoms with E-state index < -0.39 is 9.84 Å². The number of anilines is 3. The summed E-state index contributed by atoms with van der Waals surface area (Å²) in [6, 6.07) is 30.0. The average Bonchev–Trinajstić information content (AvgIpc) is 2.84. The minimum atomic E-state index is -3.65. The van der Waals surface area contributed by atoms with Gasteiger partial charge in [-0.15, -0.1) is 0 Å². The van der Waals surface area contributed by atoms with Crippen molar-refractivity contribution in [1.82, 2.24) is 0 Å². The Labute approximate surface area is 192 Å². The van der Waals surface area contributed by atoms with Gasteiger partial charge in [0.2, 0.25) is 15.7 Å². The third kappa shape index (κ3) is 4.06. The van der Waals surface area contributed by atoms with Crippen LogP contribution in [0.1, 0.15) is 0 Å². The van der Waals surface area contributed by atoms with E-state index >= 15 is 0 Å². The molecule has 1 N–H and O–H groups in total. The number of fused-ring (bicyclic) bond motifs is 2. The summed E-state index contributed by atoms with van der Waals surface area (Å²) in [5.41, 5.74) is 1.59. The van der Waals surface area contributed by atoms with E-state index in [1.54, 1.807) is 77.7 Å². The summed E-state index contributed by atoms with van der Waals surface area (Å²) in [4.78, 5) is 15.0. The molecule has 0 aromatic heterocycles. The normalized spacial score (nSPS) is 13.5. The van der Waals surface area contributed by atoms with Gasteiger partial charge in [-0.1, -0.05) is 42.5 Å². The molecule has 33 heavy (non-hydrogen) atoms. The van der Waals surface area contributed by atoms with E-state index in [0.29, 0.717) is 22.8 Å². The highest BCUT2D eigenvalue weighted by Crippen LogP contribution is 2.43. The standard InChI is InChI=1S/C26H20N2O4S/c29-26(27-19-14-16-21(17-15-19)32-20-8-2-1-3-9-20)18-28-22-10-4-6-12-24(22)33(30,31)25-13-7-5-11-23(25)28/h1-17H,18H2,(H,27,29). The first kappa shape index (κ1) is 20.8. The zero-order valence-electron chi connectivity index (χ0n) is 17.5. The van der Waals surface area contributed by atoms with Gasteiger partial charge in [-0.2, -0.15) is 0 Å². The molecular weight excluding hydrogens is 436 g/mol. The first-order chi connectivity index (χ1) is 16.0. The zero-order chi connectivity index (χ0) is 22.8. The second-order valence-electron chi connectivity index (χ2n) is 7.51. The predicted octanol–water partition coefficient (Wildman–Crippen LogP) is 5.40. The predicted molar refractivity (Wildman–Crippen MR) is 127 cm³/mol. The van der Waals surface area contributed by atoms with Crippen molar-refractivity contribution in [3.8, 4) is 11.5 Å². The third-order valence-corrected chi connectivity index (χ3v) is 7.16. The number of amides is 1. The van der Waals surface area contributed by atoms with Crippen LogP contribution in [0.2, 0.25) is 0 Å². The van der Waals surface area contributed by atoms with Gasteiger partial charge in [0.25, 0.3) is 0 Å². The molecule has 0 aliphatic carbocycles. The smallest absolute Gasteiger partial charge is 0.244 e. The molecule has 5 rings (SSSR count). The summed E-state index contributed by atoms with van der Waals surface area (Å²) in [6.45, 7) is -0.0359. The average molecular weight is 457 g/mol. The minimum Gasteiger partial charge on any atom is -0.457 e. The molecule has 0 unspecified atom stereocenters. The summed E-state index contributed by atoms with van der Waals surface area (Å²) in [5, 5.41) is 2.88. The molecule has 4 aromatic rings. The van der Waals surface area contributed by atoms with Crippen LogP contribution < -0.4 is 15.0 Å². The number of nitrogens with one attached hydrogen (secondary N) is 1. The van der Waals surface area contributed by atoms with Crippen molar-refractivity contribution in [1.29, 1.82) is 0 Å². The van der Waals surface area contributed by atoms with E-state index in [1.165, 1.54) is 0 Å². The van der Waals surface area contributed by atoms with Gasteiger partial charge in [-0.3, -0.25) is 4.79 Å². The Morgan fingerprint density at radius 1 is 0.697 bits per heavy atom. The molecule has 0 atom stereocenters. The van der Waals surface area contributed by atoms with Gasteiger partial charge < -0.3 is 15.0 Å². The molecule has 164 valence electrons. The Balaban J connectivity index is 1.35. The number of carbonyl (C=O) groups is 1. The molecule has 1 heterocycles. The Morgan fingerprint density at radius 3 is 1.82 bits per heavy atom. The molecule has 1 amide bonds. The summed E-state index contributed by atoms with van der Waals surface area (Å²) >= 11 is 0.